The number of H-pyrrole nitrogens is 1. The molecule has 0 bridgehead atoms. The number of pyridine rings is 1. The second-order valence-electron chi connectivity index (χ2n) is 4.24. The van der Waals surface area contributed by atoms with Crippen LogP contribution in [0, 0.1) is 27.4 Å². The van der Waals surface area contributed by atoms with Gasteiger partial charge in [0.15, 0.2) is 10.4 Å². The van der Waals surface area contributed by atoms with E-state index in [-0.39, 0.29) is 0 Å². The number of nitrogens with one attached hydrogen (secondary N) is 1. The van der Waals surface area contributed by atoms with Gasteiger partial charge in [0.25, 0.3) is 0 Å². The fourth-order valence-electron chi connectivity index (χ4n) is 2.07. The smallest absolute Gasteiger partial charge is 0.183 e. The van der Waals surface area contributed by atoms with E-state index in [9.17, 15) is 0 Å². The predicted octanol–water partition coefficient (Wildman–Crippen LogP) is 3.59. The van der Waals surface area contributed by atoms with E-state index >= 15 is 0 Å². The quantitative estimate of drug-likeness (QED) is 0.676. The van der Waals surface area contributed by atoms with Gasteiger partial charge in [0.05, 0.1) is 22.3 Å². The maximum absolute atomic E-state index is 9.12. The molecule has 0 aliphatic heterocycles. The second kappa shape index (κ2) is 5.13. The predicted molar refractivity (Wildman–Crippen MR) is 83.4 cm³/mol. The maximum atomic E-state index is 9.12. The van der Waals surface area contributed by atoms with E-state index in [4.69, 9.17) is 22.7 Å². The fraction of sp³-hybridized carbons (Fsp3) is 0. The monoisotopic (exact) mass is 355 g/mol. The summed E-state index contributed by atoms with van der Waals surface area (Å²) in [4.78, 5) is 7.42. The van der Waals surface area contributed by atoms with Gasteiger partial charge in [-0.3, -0.25) is 4.57 Å². The summed E-state index contributed by atoms with van der Waals surface area (Å²) in [5.74, 6) is 0. The number of fused-ring (bicyclic) bond motifs is 1. The van der Waals surface area contributed by atoms with Crippen LogP contribution in [0.4, 0.5) is 0 Å². The molecule has 7 heteroatoms. The Morgan fingerprint density at radius 3 is 2.67 bits per heavy atom. The van der Waals surface area contributed by atoms with E-state index in [1.54, 1.807) is 29.0 Å². The van der Waals surface area contributed by atoms with E-state index in [1.807, 2.05) is 18.2 Å². The Labute approximate surface area is 133 Å². The number of nitriles is 2. The van der Waals surface area contributed by atoms with Gasteiger partial charge in [-0.05, 0) is 52.4 Å². The van der Waals surface area contributed by atoms with Crippen molar-refractivity contribution in [2.75, 3.05) is 0 Å². The van der Waals surface area contributed by atoms with Gasteiger partial charge >= 0.3 is 0 Å². The Bertz CT molecular complexity index is 1000. The van der Waals surface area contributed by atoms with Crippen molar-refractivity contribution in [2.24, 2.45) is 0 Å². The first-order valence-corrected chi connectivity index (χ1v) is 7.05. The second-order valence-corrected chi connectivity index (χ2v) is 5.55. The number of rotatable bonds is 1. The van der Waals surface area contributed by atoms with Gasteiger partial charge in [0.2, 0.25) is 0 Å². The van der Waals surface area contributed by atoms with E-state index < -0.39 is 0 Å². The van der Waals surface area contributed by atoms with Crippen LogP contribution in [0.25, 0.3) is 16.9 Å². The van der Waals surface area contributed by atoms with Gasteiger partial charge in [-0.25, -0.2) is 4.98 Å². The third-order valence-electron chi connectivity index (χ3n) is 2.99. The third-order valence-corrected chi connectivity index (χ3v) is 3.71. The Morgan fingerprint density at radius 2 is 1.95 bits per heavy atom. The molecular weight excluding hydrogens is 350 g/mol. The lowest BCUT2D eigenvalue weighted by Gasteiger charge is -2.05. The molecule has 1 aromatic carbocycles. The van der Waals surface area contributed by atoms with E-state index in [0.717, 1.165) is 9.99 Å². The number of hydrogen-bond acceptors (Lipinski definition) is 4. The first kappa shape index (κ1) is 13.5. The number of hydrogen-bond donors (Lipinski definition) is 1. The lowest BCUT2D eigenvalue weighted by Crippen LogP contribution is -1.97. The molecule has 1 N–H and O–H groups in total. The van der Waals surface area contributed by atoms with Gasteiger partial charge in [-0.2, -0.15) is 10.5 Å². The maximum Gasteiger partial charge on any atom is 0.183 e. The minimum Gasteiger partial charge on any atom is -0.329 e. The van der Waals surface area contributed by atoms with Crippen LogP contribution in [0.15, 0.2) is 34.9 Å². The molecule has 0 spiro atoms. The highest BCUT2D eigenvalue weighted by Crippen LogP contribution is 2.22. The zero-order valence-electron chi connectivity index (χ0n) is 10.5. The number of nitrogens with zero attached hydrogens (tertiary/aromatic N) is 4. The normalized spacial score (nSPS) is 10.2. The Balaban J connectivity index is 2.32. The van der Waals surface area contributed by atoms with E-state index in [2.05, 4.69) is 25.9 Å². The van der Waals surface area contributed by atoms with Crippen molar-refractivity contribution in [3.8, 4) is 17.8 Å². The van der Waals surface area contributed by atoms with E-state index in [1.165, 1.54) is 0 Å². The molecule has 3 rings (SSSR count). The zero-order valence-corrected chi connectivity index (χ0v) is 12.9. The van der Waals surface area contributed by atoms with Crippen molar-refractivity contribution in [1.82, 2.24) is 14.5 Å². The summed E-state index contributed by atoms with van der Waals surface area (Å²) < 4.78 is 3.05. The number of aromatic amines is 1. The topological polar surface area (TPSA) is 81.2 Å². The van der Waals surface area contributed by atoms with Crippen molar-refractivity contribution in [3.63, 3.8) is 0 Å². The van der Waals surface area contributed by atoms with Gasteiger partial charge < -0.3 is 4.98 Å². The molecule has 100 valence electrons. The van der Waals surface area contributed by atoms with Gasteiger partial charge in [-0.1, -0.05) is 0 Å². The largest absolute Gasteiger partial charge is 0.329 e. The summed E-state index contributed by atoms with van der Waals surface area (Å²) in [6.07, 6.45) is 1.68. The Kier molecular flexibility index (Phi) is 3.30. The van der Waals surface area contributed by atoms with Crippen LogP contribution in [0.1, 0.15) is 11.1 Å². The summed E-state index contributed by atoms with van der Waals surface area (Å²) in [7, 11) is 0. The summed E-state index contributed by atoms with van der Waals surface area (Å²) >= 11 is 8.68. The molecule has 3 aromatic rings. The lowest BCUT2D eigenvalue weighted by atomic mass is 10.1. The minimum atomic E-state index is 0.309. The van der Waals surface area contributed by atoms with Crippen molar-refractivity contribution in [1.29, 1.82) is 10.5 Å². The molecule has 5 nitrogen and oxygen atoms in total. The van der Waals surface area contributed by atoms with Crippen LogP contribution in [0.3, 0.4) is 0 Å². The molecule has 0 aliphatic carbocycles. The van der Waals surface area contributed by atoms with Crippen molar-refractivity contribution < 1.29 is 0 Å². The van der Waals surface area contributed by atoms with Crippen LogP contribution in [0.5, 0.6) is 0 Å². The van der Waals surface area contributed by atoms with Gasteiger partial charge in [0.1, 0.15) is 12.1 Å². The highest BCUT2D eigenvalue weighted by Gasteiger charge is 2.10. The van der Waals surface area contributed by atoms with Gasteiger partial charge in [0, 0.05) is 10.7 Å². The molecule has 0 fully saturated rings. The van der Waals surface area contributed by atoms with Crippen LogP contribution >= 0.6 is 28.1 Å². The molecule has 0 aliphatic rings. The van der Waals surface area contributed by atoms with Crippen molar-refractivity contribution in [3.05, 3.63) is 50.8 Å². The average Bonchev–Trinajstić information content (AvgIpc) is 2.81. The average molecular weight is 356 g/mol. The highest BCUT2D eigenvalue weighted by atomic mass is 79.9. The summed E-state index contributed by atoms with van der Waals surface area (Å²) in [5, 5.41) is 18.1. The van der Waals surface area contributed by atoms with Gasteiger partial charge in [-0.15, -0.1) is 0 Å². The first-order valence-electron chi connectivity index (χ1n) is 5.85. The number of aromatic nitrogens is 3. The van der Waals surface area contributed by atoms with Crippen LogP contribution in [0.2, 0.25) is 0 Å². The molecule has 0 saturated heterocycles. The number of halogens is 1. The number of imidazole rings is 1. The zero-order chi connectivity index (χ0) is 15.0. The van der Waals surface area contributed by atoms with Crippen molar-refractivity contribution in [2.45, 2.75) is 0 Å². The Morgan fingerprint density at radius 1 is 1.19 bits per heavy atom. The molecular formula is C14H6BrN5S. The molecule has 0 atom stereocenters. The van der Waals surface area contributed by atoms with E-state index in [0.29, 0.717) is 27.2 Å². The summed E-state index contributed by atoms with van der Waals surface area (Å²) in [6.45, 7) is 0. The number of benzene rings is 1. The SMILES string of the molecule is N#Cc1ccc(-n2c(=S)[nH]c3cc(Br)cnc32)cc1C#N. The molecule has 2 heterocycles. The first-order chi connectivity index (χ1) is 10.1. The molecule has 0 amide bonds. The summed E-state index contributed by atoms with van der Waals surface area (Å²) in [6, 6.07) is 10.9. The third kappa shape index (κ3) is 2.23. The minimum absolute atomic E-state index is 0.309. The van der Waals surface area contributed by atoms with Crippen LogP contribution < -0.4 is 0 Å². The molecule has 21 heavy (non-hydrogen) atoms. The molecule has 0 radical (unpaired) electrons. The standard InChI is InChI=1S/C14H6BrN5S/c15-10-4-12-13(18-7-10)20(14(21)19-12)11-2-1-8(5-16)9(3-11)6-17/h1-4,7H,(H,19,21). The molecule has 0 saturated carbocycles. The molecule has 2 aromatic heterocycles. The highest BCUT2D eigenvalue weighted by molar-refractivity contribution is 9.10. The fourth-order valence-corrected chi connectivity index (χ4v) is 2.70. The van der Waals surface area contributed by atoms with Crippen molar-refractivity contribution >= 4 is 39.3 Å². The lowest BCUT2D eigenvalue weighted by molar-refractivity contribution is 1.04. The Hall–Kier alpha value is -2.48. The summed E-state index contributed by atoms with van der Waals surface area (Å²) in [5.41, 5.74) is 2.79. The van der Waals surface area contributed by atoms with Crippen LogP contribution in [-0.4, -0.2) is 14.5 Å². The van der Waals surface area contributed by atoms with Crippen LogP contribution in [-0.2, 0) is 0 Å². The molecule has 0 unspecified atom stereocenters.